The van der Waals surface area contributed by atoms with Crippen LogP contribution in [0.1, 0.15) is 0 Å². The van der Waals surface area contributed by atoms with Crippen molar-refractivity contribution in [1.29, 1.82) is 0 Å². The second kappa shape index (κ2) is 4.96. The first kappa shape index (κ1) is 13.8. The predicted octanol–water partition coefficient (Wildman–Crippen LogP) is 3.11. The topological polar surface area (TPSA) is 95.6 Å². The molecule has 0 aliphatic heterocycles. The van der Waals surface area contributed by atoms with Crippen LogP contribution in [-0.4, -0.2) is 16.1 Å². The standard InChI is InChI=1S/C17H14N2O3/c1-2-13(20)19-12-8-7-11(18)14-15(12)17(22)10-6-4-3-5-9(10)16(14)21/h2-8,21-22H,1,18H2,(H,19,20). The molecule has 0 aromatic heterocycles. The Morgan fingerprint density at radius 3 is 2.23 bits per heavy atom. The minimum absolute atomic E-state index is 0.0318. The molecule has 5 heteroatoms. The van der Waals surface area contributed by atoms with E-state index in [-0.39, 0.29) is 11.5 Å². The van der Waals surface area contributed by atoms with E-state index in [1.54, 1.807) is 36.4 Å². The van der Waals surface area contributed by atoms with Gasteiger partial charge in [-0.1, -0.05) is 30.8 Å². The Bertz CT molecular complexity index is 932. The summed E-state index contributed by atoms with van der Waals surface area (Å²) in [6.45, 7) is 3.40. The van der Waals surface area contributed by atoms with Gasteiger partial charge in [0.05, 0.1) is 16.5 Å². The molecular weight excluding hydrogens is 280 g/mol. The maximum Gasteiger partial charge on any atom is 0.247 e. The maximum atomic E-state index is 11.6. The Morgan fingerprint density at radius 2 is 1.64 bits per heavy atom. The van der Waals surface area contributed by atoms with Crippen molar-refractivity contribution in [3.8, 4) is 11.5 Å². The van der Waals surface area contributed by atoms with Gasteiger partial charge in [0.25, 0.3) is 0 Å². The number of aromatic hydroxyl groups is 2. The number of nitrogen functional groups attached to an aromatic ring is 1. The predicted molar refractivity (Wildman–Crippen MR) is 88.0 cm³/mol. The van der Waals surface area contributed by atoms with Gasteiger partial charge >= 0.3 is 0 Å². The Hall–Kier alpha value is -3.21. The monoisotopic (exact) mass is 294 g/mol. The van der Waals surface area contributed by atoms with E-state index in [0.29, 0.717) is 32.9 Å². The molecule has 0 atom stereocenters. The second-order valence-corrected chi connectivity index (χ2v) is 4.89. The first-order valence-electron chi connectivity index (χ1n) is 6.62. The lowest BCUT2D eigenvalue weighted by molar-refractivity contribution is -0.111. The third-order valence-corrected chi connectivity index (χ3v) is 3.59. The van der Waals surface area contributed by atoms with E-state index in [9.17, 15) is 15.0 Å². The third kappa shape index (κ3) is 1.91. The third-order valence-electron chi connectivity index (χ3n) is 3.59. The first-order chi connectivity index (χ1) is 10.5. The fraction of sp³-hybridized carbons (Fsp3) is 0. The molecule has 0 saturated carbocycles. The van der Waals surface area contributed by atoms with Crippen molar-refractivity contribution in [3.05, 3.63) is 49.1 Å². The van der Waals surface area contributed by atoms with Crippen LogP contribution in [0.4, 0.5) is 11.4 Å². The molecule has 0 aliphatic carbocycles. The number of benzene rings is 3. The van der Waals surface area contributed by atoms with Gasteiger partial charge in [0.1, 0.15) is 11.5 Å². The average Bonchev–Trinajstić information content (AvgIpc) is 2.54. The molecule has 5 N–H and O–H groups in total. The smallest absolute Gasteiger partial charge is 0.247 e. The molecule has 3 aromatic carbocycles. The number of carbonyl (C=O) groups is 1. The van der Waals surface area contributed by atoms with Crippen molar-refractivity contribution < 1.29 is 15.0 Å². The normalized spacial score (nSPS) is 10.7. The van der Waals surface area contributed by atoms with Gasteiger partial charge in [-0.2, -0.15) is 0 Å². The lowest BCUT2D eigenvalue weighted by Crippen LogP contribution is -2.08. The Morgan fingerprint density at radius 1 is 1.05 bits per heavy atom. The quantitative estimate of drug-likeness (QED) is 0.253. The number of hydrogen-bond acceptors (Lipinski definition) is 4. The fourth-order valence-corrected chi connectivity index (χ4v) is 2.57. The highest BCUT2D eigenvalue weighted by Gasteiger charge is 2.18. The number of nitrogens with one attached hydrogen (secondary N) is 1. The van der Waals surface area contributed by atoms with Gasteiger partial charge in [0.15, 0.2) is 0 Å². The van der Waals surface area contributed by atoms with E-state index in [2.05, 4.69) is 11.9 Å². The average molecular weight is 294 g/mol. The van der Waals surface area contributed by atoms with E-state index in [0.717, 1.165) is 6.08 Å². The van der Waals surface area contributed by atoms with Crippen LogP contribution in [0.3, 0.4) is 0 Å². The number of rotatable bonds is 2. The molecule has 0 spiro atoms. The highest BCUT2D eigenvalue weighted by atomic mass is 16.3. The molecule has 110 valence electrons. The fourth-order valence-electron chi connectivity index (χ4n) is 2.57. The van der Waals surface area contributed by atoms with Crippen molar-refractivity contribution in [2.45, 2.75) is 0 Å². The summed E-state index contributed by atoms with van der Waals surface area (Å²) in [5.74, 6) is -0.496. The van der Waals surface area contributed by atoms with E-state index >= 15 is 0 Å². The molecule has 0 unspecified atom stereocenters. The Labute approximate surface area is 126 Å². The van der Waals surface area contributed by atoms with Gasteiger partial charge < -0.3 is 21.3 Å². The summed E-state index contributed by atoms with van der Waals surface area (Å²) in [6, 6.07) is 10.0. The van der Waals surface area contributed by atoms with Crippen LogP contribution < -0.4 is 11.1 Å². The Balaban J connectivity index is 2.49. The van der Waals surface area contributed by atoms with Crippen LogP contribution in [0.25, 0.3) is 21.5 Å². The van der Waals surface area contributed by atoms with E-state index in [1.165, 1.54) is 0 Å². The van der Waals surface area contributed by atoms with Crippen LogP contribution in [0.15, 0.2) is 49.1 Å². The molecule has 1 amide bonds. The lowest BCUT2D eigenvalue weighted by atomic mass is 9.98. The highest BCUT2D eigenvalue weighted by molar-refractivity contribution is 6.20. The molecule has 0 fully saturated rings. The number of anilines is 2. The van der Waals surface area contributed by atoms with Gasteiger partial charge in [-0.25, -0.2) is 0 Å². The zero-order valence-electron chi connectivity index (χ0n) is 11.6. The number of nitrogens with two attached hydrogens (primary N) is 1. The van der Waals surface area contributed by atoms with Crippen molar-refractivity contribution in [3.63, 3.8) is 0 Å². The van der Waals surface area contributed by atoms with Gasteiger partial charge in [0, 0.05) is 16.5 Å². The van der Waals surface area contributed by atoms with Crippen LogP contribution in [0.2, 0.25) is 0 Å². The number of hydrogen-bond donors (Lipinski definition) is 4. The van der Waals surface area contributed by atoms with Gasteiger partial charge in [-0.3, -0.25) is 4.79 Å². The SMILES string of the molecule is C=CC(=O)Nc1ccc(N)c2c(O)c3ccccc3c(O)c12. The summed E-state index contributed by atoms with van der Waals surface area (Å²) in [5, 5.41) is 25.3. The molecular formula is C17H14N2O3. The molecule has 0 saturated heterocycles. The summed E-state index contributed by atoms with van der Waals surface area (Å²) >= 11 is 0. The highest BCUT2D eigenvalue weighted by Crippen LogP contribution is 2.46. The Kier molecular flexibility index (Phi) is 3.10. The molecule has 22 heavy (non-hydrogen) atoms. The molecule has 5 nitrogen and oxygen atoms in total. The van der Waals surface area contributed by atoms with Crippen LogP contribution >= 0.6 is 0 Å². The van der Waals surface area contributed by atoms with Crippen molar-refractivity contribution in [2.75, 3.05) is 11.1 Å². The summed E-state index contributed by atoms with van der Waals surface area (Å²) in [6.07, 6.45) is 1.13. The van der Waals surface area contributed by atoms with Crippen LogP contribution in [-0.2, 0) is 4.79 Å². The number of phenolic OH excluding ortho intramolecular Hbond substituents is 2. The second-order valence-electron chi connectivity index (χ2n) is 4.89. The number of amides is 1. The first-order valence-corrected chi connectivity index (χ1v) is 6.62. The van der Waals surface area contributed by atoms with E-state index < -0.39 is 5.91 Å². The molecule has 0 aliphatic rings. The summed E-state index contributed by atoms with van der Waals surface area (Å²) in [7, 11) is 0. The van der Waals surface area contributed by atoms with Crippen molar-refractivity contribution in [2.24, 2.45) is 0 Å². The van der Waals surface area contributed by atoms with Crippen LogP contribution in [0, 0.1) is 0 Å². The van der Waals surface area contributed by atoms with E-state index in [4.69, 9.17) is 5.73 Å². The maximum absolute atomic E-state index is 11.6. The number of phenols is 2. The van der Waals surface area contributed by atoms with Gasteiger partial charge in [-0.05, 0) is 18.2 Å². The van der Waals surface area contributed by atoms with Crippen molar-refractivity contribution in [1.82, 2.24) is 0 Å². The number of carbonyl (C=O) groups excluding carboxylic acids is 1. The zero-order valence-corrected chi connectivity index (χ0v) is 11.6. The molecule has 0 bridgehead atoms. The summed E-state index contributed by atoms with van der Waals surface area (Å²) in [5.41, 5.74) is 6.61. The van der Waals surface area contributed by atoms with Gasteiger partial charge in [0.2, 0.25) is 5.91 Å². The largest absolute Gasteiger partial charge is 0.507 e. The minimum Gasteiger partial charge on any atom is -0.507 e. The van der Waals surface area contributed by atoms with Crippen LogP contribution in [0.5, 0.6) is 11.5 Å². The molecule has 3 aromatic rings. The minimum atomic E-state index is -0.418. The molecule has 0 radical (unpaired) electrons. The lowest BCUT2D eigenvalue weighted by Gasteiger charge is -2.15. The zero-order chi connectivity index (χ0) is 15.9. The summed E-state index contributed by atoms with van der Waals surface area (Å²) in [4.78, 5) is 11.6. The number of fused-ring (bicyclic) bond motifs is 2. The summed E-state index contributed by atoms with van der Waals surface area (Å²) < 4.78 is 0. The molecule has 0 heterocycles. The van der Waals surface area contributed by atoms with Gasteiger partial charge in [-0.15, -0.1) is 0 Å². The van der Waals surface area contributed by atoms with Crippen molar-refractivity contribution >= 4 is 38.8 Å². The molecule has 3 rings (SSSR count). The van der Waals surface area contributed by atoms with E-state index in [1.807, 2.05) is 0 Å².